The Kier molecular flexibility index (Phi) is 2.60. The minimum absolute atomic E-state index is 0.0549. The topological polar surface area (TPSA) is 49.9 Å². The second-order valence-electron chi connectivity index (χ2n) is 3.60. The van der Waals surface area contributed by atoms with Crippen LogP contribution >= 0.6 is 15.9 Å². The lowest BCUT2D eigenvalue weighted by molar-refractivity contribution is 0.600. The van der Waals surface area contributed by atoms with Gasteiger partial charge in [0.25, 0.3) is 0 Å². The average molecular weight is 288 g/mol. The third kappa shape index (κ3) is 2.60. The zero-order valence-electron chi connectivity index (χ0n) is 8.12. The quantitative estimate of drug-likeness (QED) is 0.923. The van der Waals surface area contributed by atoms with E-state index in [1.165, 1.54) is 6.26 Å². The molecular formula is C10H10BrNO2S. The highest BCUT2D eigenvalue weighted by atomic mass is 79.9. The van der Waals surface area contributed by atoms with Crippen molar-refractivity contribution in [1.82, 2.24) is 4.98 Å². The van der Waals surface area contributed by atoms with E-state index < -0.39 is 9.84 Å². The number of aromatic amines is 1. The number of halogens is 1. The van der Waals surface area contributed by atoms with Crippen LogP contribution in [0.5, 0.6) is 0 Å². The Bertz CT molecular complexity index is 601. The van der Waals surface area contributed by atoms with Crippen molar-refractivity contribution in [3.8, 4) is 0 Å². The first-order valence-corrected chi connectivity index (χ1v) is 7.24. The van der Waals surface area contributed by atoms with Gasteiger partial charge in [0, 0.05) is 21.9 Å². The molecule has 0 atom stereocenters. The molecule has 2 aromatic rings. The van der Waals surface area contributed by atoms with Crippen molar-refractivity contribution in [3.63, 3.8) is 0 Å². The molecule has 0 fully saturated rings. The summed E-state index contributed by atoms with van der Waals surface area (Å²) in [6, 6.07) is 7.67. The molecule has 5 heteroatoms. The van der Waals surface area contributed by atoms with Gasteiger partial charge in [-0.05, 0) is 23.6 Å². The van der Waals surface area contributed by atoms with Gasteiger partial charge in [0.15, 0.2) is 9.84 Å². The van der Waals surface area contributed by atoms with Crippen molar-refractivity contribution in [2.24, 2.45) is 0 Å². The zero-order chi connectivity index (χ0) is 11.1. The maximum Gasteiger partial charge on any atom is 0.153 e. The predicted octanol–water partition coefficient (Wildman–Crippen LogP) is 2.48. The average Bonchev–Trinajstić information content (AvgIpc) is 2.42. The van der Waals surface area contributed by atoms with E-state index in [2.05, 4.69) is 20.9 Å². The van der Waals surface area contributed by atoms with Crippen molar-refractivity contribution in [2.75, 3.05) is 6.26 Å². The molecule has 3 nitrogen and oxygen atoms in total. The van der Waals surface area contributed by atoms with Gasteiger partial charge in [0.1, 0.15) is 0 Å². The molecule has 0 aliphatic heterocycles. The van der Waals surface area contributed by atoms with Crippen molar-refractivity contribution < 1.29 is 8.42 Å². The number of hydrogen-bond donors (Lipinski definition) is 1. The number of benzene rings is 1. The summed E-state index contributed by atoms with van der Waals surface area (Å²) in [5.74, 6) is 0.0549. The van der Waals surface area contributed by atoms with E-state index in [4.69, 9.17) is 0 Å². The predicted molar refractivity (Wildman–Crippen MR) is 64.5 cm³/mol. The molecule has 15 heavy (non-hydrogen) atoms. The van der Waals surface area contributed by atoms with Crippen LogP contribution in [0.3, 0.4) is 0 Å². The number of rotatable bonds is 2. The van der Waals surface area contributed by atoms with Crippen molar-refractivity contribution >= 4 is 36.7 Å². The van der Waals surface area contributed by atoms with E-state index in [1.54, 1.807) is 0 Å². The molecule has 1 aromatic heterocycles. The van der Waals surface area contributed by atoms with Crippen LogP contribution in [0.4, 0.5) is 0 Å². The van der Waals surface area contributed by atoms with Crippen molar-refractivity contribution in [1.29, 1.82) is 0 Å². The number of fused-ring (bicyclic) bond motifs is 1. The summed E-state index contributed by atoms with van der Waals surface area (Å²) in [6.45, 7) is 0. The Balaban J connectivity index is 2.48. The van der Waals surface area contributed by atoms with E-state index in [0.29, 0.717) is 0 Å². The summed E-state index contributed by atoms with van der Waals surface area (Å²) in [5, 5.41) is 1.02. The standard InChI is InChI=1S/C10H10BrNO2S/c1-15(13,14)6-9-4-7-2-3-8(11)5-10(7)12-9/h2-5,12H,6H2,1H3. The normalized spacial score (nSPS) is 12.1. The van der Waals surface area contributed by atoms with Gasteiger partial charge >= 0.3 is 0 Å². The number of hydrogen-bond acceptors (Lipinski definition) is 2. The number of sulfone groups is 1. The molecule has 0 saturated heterocycles. The summed E-state index contributed by atoms with van der Waals surface area (Å²) < 4.78 is 23.2. The summed E-state index contributed by atoms with van der Waals surface area (Å²) in [6.07, 6.45) is 1.23. The summed E-state index contributed by atoms with van der Waals surface area (Å²) in [7, 11) is -2.98. The maximum atomic E-state index is 11.1. The van der Waals surface area contributed by atoms with Gasteiger partial charge in [-0.1, -0.05) is 22.0 Å². The molecule has 0 spiro atoms. The number of aromatic nitrogens is 1. The molecule has 1 heterocycles. The van der Waals surface area contributed by atoms with E-state index in [0.717, 1.165) is 21.1 Å². The first kappa shape index (κ1) is 10.7. The van der Waals surface area contributed by atoms with Gasteiger partial charge in [-0.3, -0.25) is 0 Å². The lowest BCUT2D eigenvalue weighted by Gasteiger charge is -1.93. The molecule has 80 valence electrons. The summed E-state index contributed by atoms with van der Waals surface area (Å²) in [5.41, 5.74) is 1.67. The first-order chi connectivity index (χ1) is 6.94. The van der Waals surface area contributed by atoms with E-state index in [9.17, 15) is 8.42 Å². The molecule has 0 radical (unpaired) electrons. The lowest BCUT2D eigenvalue weighted by Crippen LogP contribution is -2.00. The van der Waals surface area contributed by atoms with E-state index in [1.807, 2.05) is 24.3 Å². The Hall–Kier alpha value is -0.810. The van der Waals surface area contributed by atoms with E-state index in [-0.39, 0.29) is 5.75 Å². The van der Waals surface area contributed by atoms with E-state index >= 15 is 0 Å². The van der Waals surface area contributed by atoms with Crippen LogP contribution in [0.1, 0.15) is 5.69 Å². The molecule has 0 aliphatic carbocycles. The lowest BCUT2D eigenvalue weighted by atomic mass is 10.2. The van der Waals surface area contributed by atoms with Crippen LogP contribution in [0, 0.1) is 0 Å². The number of H-pyrrole nitrogens is 1. The molecule has 2 rings (SSSR count). The minimum Gasteiger partial charge on any atom is -0.358 e. The molecular weight excluding hydrogens is 278 g/mol. The molecule has 1 aromatic carbocycles. The minimum atomic E-state index is -2.98. The van der Waals surface area contributed by atoms with Crippen LogP contribution in [0.2, 0.25) is 0 Å². The fourth-order valence-corrected chi connectivity index (χ4v) is 2.60. The van der Waals surface area contributed by atoms with Gasteiger partial charge in [-0.2, -0.15) is 0 Å². The monoisotopic (exact) mass is 287 g/mol. The Morgan fingerprint density at radius 2 is 2.07 bits per heavy atom. The van der Waals surface area contributed by atoms with Gasteiger partial charge in [0.2, 0.25) is 0 Å². The van der Waals surface area contributed by atoms with Crippen LogP contribution in [-0.4, -0.2) is 19.7 Å². The highest BCUT2D eigenvalue weighted by Gasteiger charge is 2.07. The molecule has 0 aliphatic rings. The third-order valence-electron chi connectivity index (χ3n) is 2.06. The number of nitrogens with one attached hydrogen (secondary N) is 1. The van der Waals surface area contributed by atoms with Gasteiger partial charge in [-0.25, -0.2) is 8.42 Å². The largest absolute Gasteiger partial charge is 0.358 e. The van der Waals surface area contributed by atoms with Gasteiger partial charge in [-0.15, -0.1) is 0 Å². The summed E-state index contributed by atoms with van der Waals surface area (Å²) in [4.78, 5) is 3.08. The van der Waals surface area contributed by atoms with Crippen molar-refractivity contribution in [3.05, 3.63) is 34.4 Å². The SMILES string of the molecule is CS(=O)(=O)Cc1cc2ccc(Br)cc2[nH]1. The van der Waals surface area contributed by atoms with Crippen LogP contribution in [0.15, 0.2) is 28.7 Å². The van der Waals surface area contributed by atoms with Gasteiger partial charge < -0.3 is 4.98 Å². The van der Waals surface area contributed by atoms with Gasteiger partial charge in [0.05, 0.1) is 5.75 Å². The van der Waals surface area contributed by atoms with Crippen LogP contribution in [-0.2, 0) is 15.6 Å². The zero-order valence-corrected chi connectivity index (χ0v) is 10.5. The Labute approximate surface area is 96.5 Å². The van der Waals surface area contributed by atoms with Crippen LogP contribution in [0.25, 0.3) is 10.9 Å². The Morgan fingerprint density at radius 3 is 2.73 bits per heavy atom. The molecule has 0 amide bonds. The molecule has 1 N–H and O–H groups in total. The fourth-order valence-electron chi connectivity index (χ4n) is 1.52. The second kappa shape index (κ2) is 3.64. The molecule has 0 unspecified atom stereocenters. The van der Waals surface area contributed by atoms with Crippen LogP contribution < -0.4 is 0 Å². The maximum absolute atomic E-state index is 11.1. The summed E-state index contributed by atoms with van der Waals surface area (Å²) >= 11 is 3.36. The molecule has 0 saturated carbocycles. The molecule has 0 bridgehead atoms. The highest BCUT2D eigenvalue weighted by Crippen LogP contribution is 2.21. The smallest absolute Gasteiger partial charge is 0.153 e. The van der Waals surface area contributed by atoms with Crippen molar-refractivity contribution in [2.45, 2.75) is 5.75 Å². The second-order valence-corrected chi connectivity index (χ2v) is 6.65. The Morgan fingerprint density at radius 1 is 1.33 bits per heavy atom. The highest BCUT2D eigenvalue weighted by molar-refractivity contribution is 9.10. The fraction of sp³-hybridized carbons (Fsp3) is 0.200. The first-order valence-electron chi connectivity index (χ1n) is 4.39. The third-order valence-corrected chi connectivity index (χ3v) is 3.39.